The summed E-state index contributed by atoms with van der Waals surface area (Å²) in [6.07, 6.45) is 3.06. The third-order valence-electron chi connectivity index (χ3n) is 3.79. The molecule has 2 nitrogen and oxygen atoms in total. The fraction of sp³-hybridized carbons (Fsp3) is 0.438. The second kappa shape index (κ2) is 5.96. The number of nitrogens with one attached hydrogen (secondary N) is 1. The monoisotopic (exact) mass is 242 g/mol. The van der Waals surface area contributed by atoms with Gasteiger partial charge >= 0.3 is 0 Å². The highest BCUT2D eigenvalue weighted by atomic mass is 14.9. The predicted molar refractivity (Wildman–Crippen MR) is 77.5 cm³/mol. The number of aromatic nitrogens is 1. The first-order valence-electron chi connectivity index (χ1n) is 6.77. The molecule has 0 spiro atoms. The van der Waals surface area contributed by atoms with Gasteiger partial charge in [-0.3, -0.25) is 4.98 Å². The smallest absolute Gasteiger partial charge is 0.0702 e. The first-order valence-corrected chi connectivity index (χ1v) is 6.77. The molecular weight excluding hydrogens is 220 g/mol. The number of fused-ring (bicyclic) bond motifs is 1. The third-order valence-corrected chi connectivity index (χ3v) is 3.79. The highest BCUT2D eigenvalue weighted by Crippen LogP contribution is 2.14. The van der Waals surface area contributed by atoms with Crippen LogP contribution < -0.4 is 5.32 Å². The topological polar surface area (TPSA) is 24.9 Å². The number of nitrogens with zero attached hydrogens (tertiary/aromatic N) is 1. The second-order valence-electron chi connectivity index (χ2n) is 5.09. The highest BCUT2D eigenvalue weighted by molar-refractivity contribution is 5.78. The van der Waals surface area contributed by atoms with Crippen molar-refractivity contribution in [3.8, 4) is 0 Å². The first kappa shape index (κ1) is 13.0. The molecule has 0 aliphatic rings. The van der Waals surface area contributed by atoms with Crippen LogP contribution >= 0.6 is 0 Å². The maximum absolute atomic E-state index is 4.34. The SMILES string of the molecule is CCC(C)C(C)NCc1ccc2ncccc2c1. The molecule has 1 N–H and O–H groups in total. The van der Waals surface area contributed by atoms with Crippen molar-refractivity contribution < 1.29 is 0 Å². The van der Waals surface area contributed by atoms with E-state index in [-0.39, 0.29) is 0 Å². The second-order valence-corrected chi connectivity index (χ2v) is 5.09. The molecule has 0 amide bonds. The average Bonchev–Trinajstić information content (AvgIpc) is 2.43. The van der Waals surface area contributed by atoms with Gasteiger partial charge in [-0.2, -0.15) is 0 Å². The molecule has 0 fully saturated rings. The predicted octanol–water partition coefficient (Wildman–Crippen LogP) is 3.76. The maximum atomic E-state index is 4.34. The third kappa shape index (κ3) is 3.08. The molecule has 0 radical (unpaired) electrons. The number of benzene rings is 1. The van der Waals surface area contributed by atoms with E-state index in [9.17, 15) is 0 Å². The summed E-state index contributed by atoms with van der Waals surface area (Å²) < 4.78 is 0. The van der Waals surface area contributed by atoms with Crippen molar-refractivity contribution in [3.05, 3.63) is 42.1 Å². The van der Waals surface area contributed by atoms with Gasteiger partial charge in [0.1, 0.15) is 0 Å². The van der Waals surface area contributed by atoms with Crippen LogP contribution in [0.25, 0.3) is 10.9 Å². The minimum Gasteiger partial charge on any atom is -0.310 e. The van der Waals surface area contributed by atoms with Gasteiger partial charge in [0.25, 0.3) is 0 Å². The van der Waals surface area contributed by atoms with Crippen LogP contribution in [0.2, 0.25) is 0 Å². The number of rotatable bonds is 5. The summed E-state index contributed by atoms with van der Waals surface area (Å²) in [5.41, 5.74) is 2.39. The van der Waals surface area contributed by atoms with Crippen molar-refractivity contribution in [3.63, 3.8) is 0 Å². The summed E-state index contributed by atoms with van der Waals surface area (Å²) in [5, 5.41) is 4.81. The van der Waals surface area contributed by atoms with Crippen LogP contribution in [0.3, 0.4) is 0 Å². The lowest BCUT2D eigenvalue weighted by Gasteiger charge is -2.20. The van der Waals surface area contributed by atoms with Gasteiger partial charge in [0.2, 0.25) is 0 Å². The van der Waals surface area contributed by atoms with Gasteiger partial charge < -0.3 is 5.32 Å². The Bertz CT molecular complexity index is 507. The van der Waals surface area contributed by atoms with E-state index in [2.05, 4.69) is 55.3 Å². The fourth-order valence-electron chi connectivity index (χ4n) is 2.07. The molecule has 18 heavy (non-hydrogen) atoms. The minimum atomic E-state index is 0.555. The minimum absolute atomic E-state index is 0.555. The van der Waals surface area contributed by atoms with Gasteiger partial charge in [-0.25, -0.2) is 0 Å². The van der Waals surface area contributed by atoms with Crippen molar-refractivity contribution in [2.45, 2.75) is 39.8 Å². The Morgan fingerprint density at radius 2 is 2.06 bits per heavy atom. The van der Waals surface area contributed by atoms with E-state index in [0.29, 0.717) is 12.0 Å². The fourth-order valence-corrected chi connectivity index (χ4v) is 2.07. The Labute approximate surface area is 109 Å². The maximum Gasteiger partial charge on any atom is 0.0702 e. The molecular formula is C16H22N2. The van der Waals surface area contributed by atoms with Crippen LogP contribution in [0.15, 0.2) is 36.5 Å². The largest absolute Gasteiger partial charge is 0.310 e. The van der Waals surface area contributed by atoms with Gasteiger partial charge in [-0.05, 0) is 36.6 Å². The van der Waals surface area contributed by atoms with Crippen LogP contribution in [0.5, 0.6) is 0 Å². The number of pyridine rings is 1. The lowest BCUT2D eigenvalue weighted by atomic mass is 10.0. The molecule has 2 atom stereocenters. The zero-order valence-corrected chi connectivity index (χ0v) is 11.5. The molecule has 0 aliphatic carbocycles. The Morgan fingerprint density at radius 1 is 1.22 bits per heavy atom. The van der Waals surface area contributed by atoms with Crippen LogP contribution in [0, 0.1) is 5.92 Å². The molecule has 2 aromatic rings. The van der Waals surface area contributed by atoms with Gasteiger partial charge in [-0.15, -0.1) is 0 Å². The summed E-state index contributed by atoms with van der Waals surface area (Å²) in [5.74, 6) is 0.715. The lowest BCUT2D eigenvalue weighted by Crippen LogP contribution is -2.31. The van der Waals surface area contributed by atoms with Crippen molar-refractivity contribution in [2.75, 3.05) is 0 Å². The Morgan fingerprint density at radius 3 is 2.83 bits per heavy atom. The lowest BCUT2D eigenvalue weighted by molar-refractivity contribution is 0.389. The molecule has 2 unspecified atom stereocenters. The van der Waals surface area contributed by atoms with E-state index in [0.717, 1.165) is 12.1 Å². The molecule has 0 aliphatic heterocycles. The van der Waals surface area contributed by atoms with Gasteiger partial charge in [-0.1, -0.05) is 32.4 Å². The standard InChI is InChI=1S/C16H22N2/c1-4-12(2)13(3)18-11-14-7-8-16-15(10-14)6-5-9-17-16/h5-10,12-13,18H,4,11H2,1-3H3. The van der Waals surface area contributed by atoms with Gasteiger partial charge in [0.15, 0.2) is 0 Å². The Balaban J connectivity index is 2.04. The summed E-state index contributed by atoms with van der Waals surface area (Å²) in [7, 11) is 0. The molecule has 2 rings (SSSR count). The van der Waals surface area contributed by atoms with E-state index in [1.54, 1.807) is 0 Å². The summed E-state index contributed by atoms with van der Waals surface area (Å²) in [4.78, 5) is 4.34. The van der Waals surface area contributed by atoms with E-state index in [4.69, 9.17) is 0 Å². The molecule has 0 saturated heterocycles. The van der Waals surface area contributed by atoms with Crippen LogP contribution in [-0.2, 0) is 6.54 Å². The molecule has 1 aromatic heterocycles. The summed E-state index contributed by atoms with van der Waals surface area (Å²) in [6, 6.07) is 11.1. The highest BCUT2D eigenvalue weighted by Gasteiger charge is 2.09. The molecule has 0 bridgehead atoms. The van der Waals surface area contributed by atoms with Gasteiger partial charge in [0, 0.05) is 24.2 Å². The average molecular weight is 242 g/mol. The van der Waals surface area contributed by atoms with Crippen LogP contribution in [-0.4, -0.2) is 11.0 Å². The normalized spacial score (nSPS) is 14.6. The molecule has 1 aromatic carbocycles. The first-order chi connectivity index (χ1) is 8.70. The molecule has 96 valence electrons. The Kier molecular flexibility index (Phi) is 4.32. The van der Waals surface area contributed by atoms with Crippen LogP contribution in [0.1, 0.15) is 32.8 Å². The summed E-state index contributed by atoms with van der Waals surface area (Å²) >= 11 is 0. The number of hydrogen-bond acceptors (Lipinski definition) is 2. The summed E-state index contributed by atoms with van der Waals surface area (Å²) in [6.45, 7) is 7.72. The van der Waals surface area contributed by atoms with Crippen molar-refractivity contribution >= 4 is 10.9 Å². The van der Waals surface area contributed by atoms with Crippen LogP contribution in [0.4, 0.5) is 0 Å². The Hall–Kier alpha value is -1.41. The quantitative estimate of drug-likeness (QED) is 0.863. The van der Waals surface area contributed by atoms with Crippen molar-refractivity contribution in [2.24, 2.45) is 5.92 Å². The zero-order chi connectivity index (χ0) is 13.0. The van der Waals surface area contributed by atoms with E-state index >= 15 is 0 Å². The number of hydrogen-bond donors (Lipinski definition) is 1. The van der Waals surface area contributed by atoms with E-state index in [1.165, 1.54) is 17.4 Å². The zero-order valence-electron chi connectivity index (χ0n) is 11.5. The van der Waals surface area contributed by atoms with Crippen molar-refractivity contribution in [1.82, 2.24) is 10.3 Å². The molecule has 1 heterocycles. The van der Waals surface area contributed by atoms with Gasteiger partial charge in [0.05, 0.1) is 5.52 Å². The molecule has 0 saturated carbocycles. The van der Waals surface area contributed by atoms with E-state index in [1.807, 2.05) is 12.3 Å². The van der Waals surface area contributed by atoms with E-state index < -0.39 is 0 Å². The molecule has 2 heteroatoms. The van der Waals surface area contributed by atoms with Crippen molar-refractivity contribution in [1.29, 1.82) is 0 Å².